The predicted molar refractivity (Wildman–Crippen MR) is 97.5 cm³/mol. The van der Waals surface area contributed by atoms with Crippen molar-refractivity contribution in [2.24, 2.45) is 0 Å². The van der Waals surface area contributed by atoms with Crippen molar-refractivity contribution >= 4 is 17.3 Å². The molecule has 2 N–H and O–H groups in total. The average molecular weight is 326 g/mol. The maximum atomic E-state index is 9.18. The summed E-state index contributed by atoms with van der Waals surface area (Å²) in [6, 6.07) is 21.4. The largest absolute Gasteiger partial charge is 0.396 e. The molecule has 4 heteroatoms. The molecular weight excluding hydrogens is 304 g/mol. The van der Waals surface area contributed by atoms with Crippen LogP contribution >= 0.6 is 12.2 Å². The second-order valence-electron chi connectivity index (χ2n) is 5.82. The fourth-order valence-corrected chi connectivity index (χ4v) is 3.63. The van der Waals surface area contributed by atoms with E-state index in [-0.39, 0.29) is 18.6 Å². The molecule has 23 heavy (non-hydrogen) atoms. The quantitative estimate of drug-likeness (QED) is 0.800. The van der Waals surface area contributed by atoms with Gasteiger partial charge in [-0.3, -0.25) is 0 Å². The Hall–Kier alpha value is -1.91. The Morgan fingerprint density at radius 3 is 2.13 bits per heavy atom. The number of thiocarbonyl (C=S) groups is 1. The molecule has 2 aromatic carbocycles. The first-order valence-electron chi connectivity index (χ1n) is 8.06. The van der Waals surface area contributed by atoms with Gasteiger partial charge in [0.05, 0.1) is 6.04 Å². The van der Waals surface area contributed by atoms with E-state index >= 15 is 0 Å². The summed E-state index contributed by atoms with van der Waals surface area (Å²) < 4.78 is 0. The van der Waals surface area contributed by atoms with Crippen LogP contribution in [-0.2, 0) is 0 Å². The third kappa shape index (κ3) is 3.54. The van der Waals surface area contributed by atoms with Gasteiger partial charge in [-0.2, -0.15) is 0 Å². The third-order valence-electron chi connectivity index (χ3n) is 4.38. The molecule has 1 aliphatic rings. The number of nitrogens with zero attached hydrogens (tertiary/aromatic N) is 1. The van der Waals surface area contributed by atoms with E-state index in [9.17, 15) is 5.11 Å². The summed E-state index contributed by atoms with van der Waals surface area (Å²) in [5, 5.41) is 13.3. The van der Waals surface area contributed by atoms with E-state index in [0.717, 1.165) is 24.6 Å². The van der Waals surface area contributed by atoms with E-state index in [1.54, 1.807) is 0 Å². The molecule has 2 aromatic rings. The van der Waals surface area contributed by atoms with Gasteiger partial charge >= 0.3 is 0 Å². The number of benzene rings is 2. The van der Waals surface area contributed by atoms with Gasteiger partial charge in [-0.25, -0.2) is 0 Å². The molecule has 0 saturated carbocycles. The minimum atomic E-state index is 0.188. The standard InChI is InChI=1S/C19H22N2OS/c22-13-7-12-21-17(14-20-19(21)23)18(15-8-3-1-4-9-15)16-10-5-2-6-11-16/h1-6,8-11,17-18,22H,7,12-14H2,(H,20,23). The number of nitrogens with one attached hydrogen (secondary N) is 1. The molecule has 0 bridgehead atoms. The maximum absolute atomic E-state index is 9.18. The van der Waals surface area contributed by atoms with E-state index < -0.39 is 0 Å². The summed E-state index contributed by atoms with van der Waals surface area (Å²) >= 11 is 5.48. The Balaban J connectivity index is 1.96. The average Bonchev–Trinajstić information content (AvgIpc) is 2.96. The van der Waals surface area contributed by atoms with Crippen LogP contribution in [0.15, 0.2) is 60.7 Å². The van der Waals surface area contributed by atoms with Gasteiger partial charge in [-0.05, 0) is 29.8 Å². The lowest BCUT2D eigenvalue weighted by Gasteiger charge is -2.32. The lowest BCUT2D eigenvalue weighted by Crippen LogP contribution is -2.39. The van der Waals surface area contributed by atoms with Crippen LogP contribution in [-0.4, -0.2) is 40.9 Å². The second kappa shape index (κ2) is 7.57. The zero-order valence-electron chi connectivity index (χ0n) is 13.1. The Morgan fingerprint density at radius 1 is 1.04 bits per heavy atom. The van der Waals surface area contributed by atoms with Gasteiger partial charge in [0.2, 0.25) is 0 Å². The highest BCUT2D eigenvalue weighted by Crippen LogP contribution is 2.32. The van der Waals surface area contributed by atoms with E-state index in [4.69, 9.17) is 12.2 Å². The van der Waals surface area contributed by atoms with Crippen LogP contribution in [0.1, 0.15) is 23.5 Å². The zero-order valence-corrected chi connectivity index (χ0v) is 13.9. The number of hydrogen-bond acceptors (Lipinski definition) is 2. The Labute approximate surface area is 142 Å². The number of rotatable bonds is 6. The van der Waals surface area contributed by atoms with Crippen LogP contribution in [0.5, 0.6) is 0 Å². The van der Waals surface area contributed by atoms with Gasteiger partial charge in [-0.15, -0.1) is 0 Å². The SMILES string of the molecule is OCCCN1C(=S)NCC1C(c1ccccc1)c1ccccc1. The molecule has 1 saturated heterocycles. The molecule has 1 atom stereocenters. The molecule has 0 spiro atoms. The molecule has 1 aliphatic heterocycles. The molecule has 120 valence electrons. The molecule has 0 amide bonds. The van der Waals surface area contributed by atoms with Crippen LogP contribution in [0.3, 0.4) is 0 Å². The summed E-state index contributed by atoms with van der Waals surface area (Å²) in [5.41, 5.74) is 2.59. The van der Waals surface area contributed by atoms with Gasteiger partial charge in [0.1, 0.15) is 0 Å². The molecule has 3 rings (SSSR count). The van der Waals surface area contributed by atoms with Crippen molar-refractivity contribution in [1.29, 1.82) is 0 Å². The molecule has 1 unspecified atom stereocenters. The van der Waals surface area contributed by atoms with Crippen LogP contribution in [0.25, 0.3) is 0 Å². The minimum absolute atomic E-state index is 0.188. The monoisotopic (exact) mass is 326 g/mol. The summed E-state index contributed by atoms with van der Waals surface area (Å²) in [4.78, 5) is 2.23. The van der Waals surface area contributed by atoms with E-state index in [0.29, 0.717) is 0 Å². The number of aliphatic hydroxyl groups is 1. The first kappa shape index (κ1) is 16.0. The maximum Gasteiger partial charge on any atom is 0.169 e. The van der Waals surface area contributed by atoms with Gasteiger partial charge in [0.25, 0.3) is 0 Å². The van der Waals surface area contributed by atoms with Crippen LogP contribution in [0.4, 0.5) is 0 Å². The topological polar surface area (TPSA) is 35.5 Å². The van der Waals surface area contributed by atoms with Crippen molar-refractivity contribution in [2.75, 3.05) is 19.7 Å². The number of hydrogen-bond donors (Lipinski definition) is 2. The first-order valence-corrected chi connectivity index (χ1v) is 8.47. The zero-order chi connectivity index (χ0) is 16.1. The lowest BCUT2D eigenvalue weighted by atomic mass is 9.84. The van der Waals surface area contributed by atoms with Crippen molar-refractivity contribution in [3.05, 3.63) is 71.8 Å². The van der Waals surface area contributed by atoms with Gasteiger partial charge in [0, 0.05) is 25.6 Å². The van der Waals surface area contributed by atoms with Crippen LogP contribution < -0.4 is 5.32 Å². The fraction of sp³-hybridized carbons (Fsp3) is 0.316. The van der Waals surface area contributed by atoms with Gasteiger partial charge < -0.3 is 15.3 Å². The lowest BCUT2D eigenvalue weighted by molar-refractivity contribution is 0.250. The normalized spacial score (nSPS) is 17.6. The highest BCUT2D eigenvalue weighted by Gasteiger charge is 2.35. The Morgan fingerprint density at radius 2 is 1.61 bits per heavy atom. The van der Waals surface area contributed by atoms with E-state index in [1.165, 1.54) is 11.1 Å². The molecule has 1 fully saturated rings. The van der Waals surface area contributed by atoms with Crippen LogP contribution in [0.2, 0.25) is 0 Å². The van der Waals surface area contributed by atoms with Gasteiger partial charge in [-0.1, -0.05) is 60.7 Å². The highest BCUT2D eigenvalue weighted by atomic mass is 32.1. The van der Waals surface area contributed by atoms with E-state index in [2.05, 4.69) is 58.7 Å². The van der Waals surface area contributed by atoms with Crippen molar-refractivity contribution in [3.8, 4) is 0 Å². The Kier molecular flexibility index (Phi) is 5.26. The van der Waals surface area contributed by atoms with E-state index in [1.807, 2.05) is 12.1 Å². The highest BCUT2D eigenvalue weighted by molar-refractivity contribution is 7.80. The summed E-state index contributed by atoms with van der Waals surface area (Å²) in [7, 11) is 0. The molecule has 0 radical (unpaired) electrons. The van der Waals surface area contributed by atoms with Gasteiger partial charge in [0.15, 0.2) is 5.11 Å². The third-order valence-corrected chi connectivity index (χ3v) is 4.76. The smallest absolute Gasteiger partial charge is 0.169 e. The predicted octanol–water partition coefficient (Wildman–Crippen LogP) is 2.76. The Bertz CT molecular complexity index is 593. The molecular formula is C19H22N2OS. The van der Waals surface area contributed by atoms with Crippen molar-refractivity contribution in [2.45, 2.75) is 18.4 Å². The fourth-order valence-electron chi connectivity index (χ4n) is 3.32. The second-order valence-corrected chi connectivity index (χ2v) is 6.21. The van der Waals surface area contributed by atoms with Crippen molar-refractivity contribution < 1.29 is 5.11 Å². The molecule has 0 aliphatic carbocycles. The molecule has 3 nitrogen and oxygen atoms in total. The van der Waals surface area contributed by atoms with Crippen molar-refractivity contribution in [1.82, 2.24) is 10.2 Å². The summed E-state index contributed by atoms with van der Waals surface area (Å²) in [5.74, 6) is 0.254. The van der Waals surface area contributed by atoms with Crippen molar-refractivity contribution in [3.63, 3.8) is 0 Å². The first-order chi connectivity index (χ1) is 11.3. The van der Waals surface area contributed by atoms with Crippen LogP contribution in [0, 0.1) is 0 Å². The summed E-state index contributed by atoms with van der Waals surface area (Å²) in [6.45, 7) is 1.80. The molecule has 0 aromatic heterocycles. The summed E-state index contributed by atoms with van der Waals surface area (Å²) in [6.07, 6.45) is 0.731. The minimum Gasteiger partial charge on any atom is -0.396 e. The number of aliphatic hydroxyl groups excluding tert-OH is 1. The molecule has 1 heterocycles.